The molecule has 0 bridgehead atoms. The van der Waals surface area contributed by atoms with E-state index >= 15 is 0 Å². The zero-order chi connectivity index (χ0) is 16.9. The van der Waals surface area contributed by atoms with Crippen LogP contribution in [0.5, 0.6) is 0 Å². The molecule has 0 radical (unpaired) electrons. The predicted molar refractivity (Wildman–Crippen MR) is 91.0 cm³/mol. The summed E-state index contributed by atoms with van der Waals surface area (Å²) in [6, 6.07) is 13.6. The highest BCUT2D eigenvalue weighted by Gasteiger charge is 2.10. The Kier molecular flexibility index (Phi) is 4.91. The lowest BCUT2D eigenvalue weighted by atomic mass is 10.1. The SMILES string of the molecule is O=C(Cc1c[nH]c2ccccc12)NCCC(O)c1ccc(F)cc1. The van der Waals surface area contributed by atoms with Crippen LogP contribution in [0.3, 0.4) is 0 Å². The van der Waals surface area contributed by atoms with Crippen molar-refractivity contribution < 1.29 is 14.3 Å². The normalized spacial score (nSPS) is 12.2. The van der Waals surface area contributed by atoms with Crippen molar-refractivity contribution in [2.24, 2.45) is 0 Å². The van der Waals surface area contributed by atoms with Gasteiger partial charge in [-0.3, -0.25) is 4.79 Å². The number of aromatic nitrogens is 1. The average molecular weight is 326 g/mol. The highest BCUT2D eigenvalue weighted by atomic mass is 19.1. The number of aliphatic hydroxyl groups excluding tert-OH is 1. The van der Waals surface area contributed by atoms with E-state index < -0.39 is 6.10 Å². The third-order valence-corrected chi connectivity index (χ3v) is 4.02. The molecule has 0 saturated heterocycles. The van der Waals surface area contributed by atoms with Gasteiger partial charge in [-0.2, -0.15) is 0 Å². The maximum atomic E-state index is 12.9. The summed E-state index contributed by atoms with van der Waals surface area (Å²) in [4.78, 5) is 15.2. The monoisotopic (exact) mass is 326 g/mol. The maximum Gasteiger partial charge on any atom is 0.224 e. The van der Waals surface area contributed by atoms with Crippen LogP contribution < -0.4 is 5.32 Å². The maximum absolute atomic E-state index is 12.9. The van der Waals surface area contributed by atoms with E-state index in [0.717, 1.165) is 16.5 Å². The number of hydrogen-bond acceptors (Lipinski definition) is 2. The van der Waals surface area contributed by atoms with Gasteiger partial charge in [0.2, 0.25) is 5.91 Å². The van der Waals surface area contributed by atoms with Crippen molar-refractivity contribution in [1.82, 2.24) is 10.3 Å². The van der Waals surface area contributed by atoms with Crippen molar-refractivity contribution in [2.75, 3.05) is 6.54 Å². The highest BCUT2D eigenvalue weighted by molar-refractivity contribution is 5.88. The Balaban J connectivity index is 1.50. The molecule has 0 aliphatic carbocycles. The molecular formula is C19H19FN2O2. The second-order valence-corrected chi connectivity index (χ2v) is 5.74. The number of aromatic amines is 1. The summed E-state index contributed by atoms with van der Waals surface area (Å²) < 4.78 is 12.9. The molecule has 0 saturated carbocycles. The van der Waals surface area contributed by atoms with Gasteiger partial charge in [0, 0.05) is 23.6 Å². The van der Waals surface area contributed by atoms with E-state index in [1.165, 1.54) is 12.1 Å². The first-order valence-corrected chi connectivity index (χ1v) is 7.88. The van der Waals surface area contributed by atoms with Crippen LogP contribution in [0.1, 0.15) is 23.7 Å². The van der Waals surface area contributed by atoms with E-state index in [1.807, 2.05) is 30.5 Å². The van der Waals surface area contributed by atoms with Crippen LogP contribution >= 0.6 is 0 Å². The molecule has 1 aromatic heterocycles. The van der Waals surface area contributed by atoms with E-state index in [2.05, 4.69) is 10.3 Å². The van der Waals surface area contributed by atoms with Gasteiger partial charge >= 0.3 is 0 Å². The van der Waals surface area contributed by atoms with E-state index in [-0.39, 0.29) is 18.1 Å². The average Bonchev–Trinajstić information content (AvgIpc) is 2.98. The fourth-order valence-electron chi connectivity index (χ4n) is 2.71. The van der Waals surface area contributed by atoms with E-state index in [0.29, 0.717) is 18.5 Å². The zero-order valence-corrected chi connectivity index (χ0v) is 13.1. The molecule has 24 heavy (non-hydrogen) atoms. The number of carbonyl (C=O) groups is 1. The number of halogens is 1. The molecule has 5 heteroatoms. The Labute approximate surface area is 139 Å². The quantitative estimate of drug-likeness (QED) is 0.652. The van der Waals surface area contributed by atoms with Crippen LogP contribution in [-0.2, 0) is 11.2 Å². The van der Waals surface area contributed by atoms with Gasteiger partial charge in [-0.25, -0.2) is 4.39 Å². The minimum atomic E-state index is -0.723. The summed E-state index contributed by atoms with van der Waals surface area (Å²) in [5.74, 6) is -0.427. The molecular weight excluding hydrogens is 307 g/mol. The largest absolute Gasteiger partial charge is 0.388 e. The van der Waals surface area contributed by atoms with Gasteiger partial charge in [0.05, 0.1) is 12.5 Å². The summed E-state index contributed by atoms with van der Waals surface area (Å²) in [5.41, 5.74) is 2.59. The zero-order valence-electron chi connectivity index (χ0n) is 13.1. The number of H-pyrrole nitrogens is 1. The van der Waals surface area contributed by atoms with E-state index in [4.69, 9.17) is 0 Å². The molecule has 0 spiro atoms. The van der Waals surface area contributed by atoms with Crippen LogP contribution in [0.15, 0.2) is 54.7 Å². The molecule has 1 amide bonds. The lowest BCUT2D eigenvalue weighted by Crippen LogP contribution is -2.27. The molecule has 3 rings (SSSR count). The van der Waals surface area contributed by atoms with E-state index in [9.17, 15) is 14.3 Å². The van der Waals surface area contributed by atoms with Crippen LogP contribution in [0, 0.1) is 5.82 Å². The number of carbonyl (C=O) groups excluding carboxylic acids is 1. The molecule has 0 aliphatic rings. The van der Waals surface area contributed by atoms with Gasteiger partial charge in [0.15, 0.2) is 0 Å². The van der Waals surface area contributed by atoms with Gasteiger partial charge in [-0.05, 0) is 35.7 Å². The molecule has 3 aromatic rings. The van der Waals surface area contributed by atoms with Crippen LogP contribution in [0.2, 0.25) is 0 Å². The third kappa shape index (κ3) is 3.81. The topological polar surface area (TPSA) is 65.1 Å². The van der Waals surface area contributed by atoms with Gasteiger partial charge in [0.1, 0.15) is 5.82 Å². The Morgan fingerprint density at radius 1 is 1.17 bits per heavy atom. The summed E-state index contributed by atoms with van der Waals surface area (Å²) >= 11 is 0. The van der Waals surface area contributed by atoms with Gasteiger partial charge in [-0.1, -0.05) is 30.3 Å². The number of nitrogens with one attached hydrogen (secondary N) is 2. The first kappa shape index (κ1) is 16.2. The van der Waals surface area contributed by atoms with Crippen molar-refractivity contribution in [3.8, 4) is 0 Å². The van der Waals surface area contributed by atoms with Crippen molar-refractivity contribution in [1.29, 1.82) is 0 Å². The molecule has 1 atom stereocenters. The van der Waals surface area contributed by atoms with Crippen LogP contribution in [0.25, 0.3) is 10.9 Å². The molecule has 0 aliphatic heterocycles. The highest BCUT2D eigenvalue weighted by Crippen LogP contribution is 2.18. The number of hydrogen-bond donors (Lipinski definition) is 3. The minimum absolute atomic E-state index is 0.0916. The van der Waals surface area contributed by atoms with Gasteiger partial charge < -0.3 is 15.4 Å². The first-order chi connectivity index (χ1) is 11.6. The number of fused-ring (bicyclic) bond motifs is 1. The summed E-state index contributed by atoms with van der Waals surface area (Å²) in [6.45, 7) is 0.361. The number of amides is 1. The fourth-order valence-corrected chi connectivity index (χ4v) is 2.71. The lowest BCUT2D eigenvalue weighted by molar-refractivity contribution is -0.120. The standard InChI is InChI=1S/C19H19FN2O2/c20-15-7-5-13(6-8-15)18(23)9-10-21-19(24)11-14-12-22-17-4-2-1-3-16(14)17/h1-8,12,18,22-23H,9-11H2,(H,21,24). The van der Waals surface area contributed by atoms with Gasteiger partial charge in [-0.15, -0.1) is 0 Å². The smallest absolute Gasteiger partial charge is 0.224 e. The lowest BCUT2D eigenvalue weighted by Gasteiger charge is -2.11. The molecule has 124 valence electrons. The Morgan fingerprint density at radius 3 is 2.71 bits per heavy atom. The summed E-state index contributed by atoms with van der Waals surface area (Å²) in [5, 5.41) is 13.9. The molecule has 2 aromatic carbocycles. The molecule has 1 heterocycles. The van der Waals surface area contributed by atoms with Crippen molar-refractivity contribution in [2.45, 2.75) is 18.9 Å². The minimum Gasteiger partial charge on any atom is -0.388 e. The summed E-state index contributed by atoms with van der Waals surface area (Å²) in [6.07, 6.45) is 1.79. The Hall–Kier alpha value is -2.66. The Bertz CT molecular complexity index is 827. The molecule has 1 unspecified atom stereocenters. The first-order valence-electron chi connectivity index (χ1n) is 7.88. The number of aliphatic hydroxyl groups is 1. The number of para-hydroxylation sites is 1. The number of rotatable bonds is 6. The summed E-state index contributed by atoms with van der Waals surface area (Å²) in [7, 11) is 0. The third-order valence-electron chi connectivity index (χ3n) is 4.02. The van der Waals surface area contributed by atoms with E-state index in [1.54, 1.807) is 12.1 Å². The van der Waals surface area contributed by atoms with Crippen molar-refractivity contribution in [3.63, 3.8) is 0 Å². The second kappa shape index (κ2) is 7.27. The van der Waals surface area contributed by atoms with Crippen molar-refractivity contribution in [3.05, 3.63) is 71.7 Å². The van der Waals surface area contributed by atoms with Gasteiger partial charge in [0.25, 0.3) is 0 Å². The van der Waals surface area contributed by atoms with Crippen LogP contribution in [0.4, 0.5) is 4.39 Å². The molecule has 0 fully saturated rings. The second-order valence-electron chi connectivity index (χ2n) is 5.74. The molecule has 4 nitrogen and oxygen atoms in total. The van der Waals surface area contributed by atoms with Crippen molar-refractivity contribution >= 4 is 16.8 Å². The van der Waals surface area contributed by atoms with Crippen LogP contribution in [-0.4, -0.2) is 22.5 Å². The Morgan fingerprint density at radius 2 is 1.92 bits per heavy atom. The molecule has 3 N–H and O–H groups in total. The number of benzene rings is 2. The predicted octanol–water partition coefficient (Wildman–Crippen LogP) is 3.09. The fraction of sp³-hybridized carbons (Fsp3) is 0.211.